The SMILES string of the molecule is C=C(F)C(=O)N1CCN(c2nc(OC[C@@H]3CCCN3C)nc3cc(-c4cccc5c4CCC5)c4c(c23)OCCC4)C[C@@H]1CC#N. The van der Waals surface area contributed by atoms with Crippen molar-refractivity contribution in [2.75, 3.05) is 51.3 Å². The van der Waals surface area contributed by atoms with Crippen molar-refractivity contribution in [3.8, 4) is 29.0 Å². The Balaban J connectivity index is 1.36. The highest BCUT2D eigenvalue weighted by atomic mass is 19.1. The Morgan fingerprint density at radius 1 is 1.11 bits per heavy atom. The minimum Gasteiger partial charge on any atom is -0.492 e. The van der Waals surface area contributed by atoms with Crippen molar-refractivity contribution < 1.29 is 18.7 Å². The molecule has 1 aromatic heterocycles. The average molecular weight is 611 g/mol. The smallest absolute Gasteiger partial charge is 0.319 e. The maximum Gasteiger partial charge on any atom is 0.319 e. The number of likely N-dealkylation sites (tertiary alicyclic amines) is 1. The number of benzene rings is 2. The monoisotopic (exact) mass is 610 g/mol. The summed E-state index contributed by atoms with van der Waals surface area (Å²) in [6.45, 7) is 6.28. The van der Waals surface area contributed by atoms with Crippen molar-refractivity contribution in [3.05, 3.63) is 53.4 Å². The third-order valence-electron chi connectivity index (χ3n) is 9.94. The van der Waals surface area contributed by atoms with Crippen molar-refractivity contribution in [1.29, 1.82) is 5.26 Å². The van der Waals surface area contributed by atoms with Gasteiger partial charge in [-0.1, -0.05) is 24.8 Å². The summed E-state index contributed by atoms with van der Waals surface area (Å²) < 4.78 is 26.7. The van der Waals surface area contributed by atoms with Crippen LogP contribution in [0.2, 0.25) is 0 Å². The molecule has 9 nitrogen and oxygen atoms in total. The largest absolute Gasteiger partial charge is 0.492 e. The van der Waals surface area contributed by atoms with E-state index in [1.54, 1.807) is 0 Å². The molecule has 2 saturated heterocycles. The van der Waals surface area contributed by atoms with Crippen LogP contribution >= 0.6 is 0 Å². The zero-order chi connectivity index (χ0) is 31.1. The molecule has 234 valence electrons. The first-order chi connectivity index (χ1) is 21.9. The van der Waals surface area contributed by atoms with Gasteiger partial charge in [0.05, 0.1) is 36.0 Å². The first-order valence-electron chi connectivity index (χ1n) is 16.1. The standard InChI is InChI=1S/C35H39FN6O3/c1-22(36)34(43)42-17-16-41(20-24(42)13-14-37)33-31-30(38-35(39-33)45-21-25-9-5-15-40(25)2)19-29(28-12-6-18-44-32(28)31)27-11-4-8-23-7-3-10-26(23)27/h4,8,11,19,24-25H,1,3,5-7,9-10,12-13,15-18,20-21H2,2H3/t24-,25-/m0/s1. The van der Waals surface area contributed by atoms with Gasteiger partial charge in [-0.2, -0.15) is 15.2 Å². The zero-order valence-electron chi connectivity index (χ0n) is 25.9. The van der Waals surface area contributed by atoms with Gasteiger partial charge in [0.15, 0.2) is 5.83 Å². The molecule has 3 aliphatic heterocycles. The quantitative estimate of drug-likeness (QED) is 0.345. The van der Waals surface area contributed by atoms with Crippen LogP contribution in [0.25, 0.3) is 22.0 Å². The summed E-state index contributed by atoms with van der Waals surface area (Å²) in [5.74, 6) is -0.331. The van der Waals surface area contributed by atoms with E-state index < -0.39 is 17.8 Å². The minimum atomic E-state index is -1.02. The van der Waals surface area contributed by atoms with Crippen molar-refractivity contribution in [2.45, 2.75) is 63.5 Å². The van der Waals surface area contributed by atoms with Crippen LogP contribution in [-0.4, -0.2) is 84.2 Å². The van der Waals surface area contributed by atoms with Gasteiger partial charge in [0.2, 0.25) is 0 Å². The number of nitriles is 1. The van der Waals surface area contributed by atoms with Gasteiger partial charge >= 0.3 is 6.01 Å². The number of carbonyl (C=O) groups excluding carboxylic acids is 1. The number of anilines is 1. The summed E-state index contributed by atoms with van der Waals surface area (Å²) in [7, 11) is 2.12. The van der Waals surface area contributed by atoms with Crippen LogP contribution in [0, 0.1) is 11.3 Å². The molecule has 0 bridgehead atoms. The number of amides is 1. The summed E-state index contributed by atoms with van der Waals surface area (Å²) in [5, 5.41) is 10.4. The molecular formula is C35H39FN6O3. The van der Waals surface area contributed by atoms with Crippen molar-refractivity contribution in [1.82, 2.24) is 19.8 Å². The zero-order valence-corrected chi connectivity index (χ0v) is 25.9. The molecule has 1 aliphatic carbocycles. The third kappa shape index (κ3) is 5.48. The average Bonchev–Trinajstić information content (AvgIpc) is 3.71. The summed E-state index contributed by atoms with van der Waals surface area (Å²) in [6, 6.07) is 11.0. The Kier molecular flexibility index (Phi) is 8.04. The number of halogens is 1. The molecule has 4 heterocycles. The highest BCUT2D eigenvalue weighted by molar-refractivity contribution is 6.01. The lowest BCUT2D eigenvalue weighted by Gasteiger charge is -2.41. The molecule has 2 fully saturated rings. The van der Waals surface area contributed by atoms with E-state index in [4.69, 9.17) is 19.4 Å². The summed E-state index contributed by atoms with van der Waals surface area (Å²) >= 11 is 0. The minimum absolute atomic E-state index is 0.0633. The van der Waals surface area contributed by atoms with E-state index in [1.807, 2.05) is 0 Å². The first-order valence-corrected chi connectivity index (χ1v) is 16.1. The molecular weight excluding hydrogens is 571 g/mol. The molecule has 0 saturated carbocycles. The molecule has 2 atom stereocenters. The Hall–Kier alpha value is -4.23. The Morgan fingerprint density at radius 2 is 1.98 bits per heavy atom. The van der Waals surface area contributed by atoms with Crippen LogP contribution in [0.3, 0.4) is 0 Å². The lowest BCUT2D eigenvalue weighted by atomic mass is 9.89. The van der Waals surface area contributed by atoms with Gasteiger partial charge in [-0.3, -0.25) is 4.79 Å². The van der Waals surface area contributed by atoms with Crippen molar-refractivity contribution >= 4 is 22.6 Å². The number of fused-ring (bicyclic) bond motifs is 4. The van der Waals surface area contributed by atoms with E-state index in [0.29, 0.717) is 44.2 Å². The van der Waals surface area contributed by atoms with Gasteiger partial charge in [-0.15, -0.1) is 0 Å². The van der Waals surface area contributed by atoms with E-state index >= 15 is 0 Å². The summed E-state index contributed by atoms with van der Waals surface area (Å²) in [6.07, 6.45) is 7.39. The number of rotatable bonds is 7. The molecule has 2 aromatic carbocycles. The Labute approximate surface area is 263 Å². The molecule has 1 amide bonds. The summed E-state index contributed by atoms with van der Waals surface area (Å²) in [5.41, 5.74) is 7.13. The lowest BCUT2D eigenvalue weighted by molar-refractivity contribution is -0.131. The van der Waals surface area contributed by atoms with Crippen LogP contribution in [-0.2, 0) is 24.1 Å². The molecule has 45 heavy (non-hydrogen) atoms. The second-order valence-electron chi connectivity index (χ2n) is 12.7. The van der Waals surface area contributed by atoms with Crippen LogP contribution in [0.5, 0.6) is 11.8 Å². The number of ether oxygens (including phenoxy) is 2. The number of hydrogen-bond acceptors (Lipinski definition) is 8. The van der Waals surface area contributed by atoms with Crippen LogP contribution in [0.15, 0.2) is 36.7 Å². The fourth-order valence-electron chi connectivity index (χ4n) is 7.61. The molecule has 0 unspecified atom stereocenters. The number of aromatic nitrogens is 2. The number of nitrogens with zero attached hydrogens (tertiary/aromatic N) is 6. The molecule has 10 heteroatoms. The predicted molar refractivity (Wildman–Crippen MR) is 170 cm³/mol. The van der Waals surface area contributed by atoms with E-state index in [2.05, 4.69) is 53.8 Å². The fraction of sp³-hybridized carbons (Fsp3) is 0.486. The highest BCUT2D eigenvalue weighted by Crippen LogP contribution is 2.46. The fourth-order valence-corrected chi connectivity index (χ4v) is 7.61. The first kappa shape index (κ1) is 29.5. The van der Waals surface area contributed by atoms with E-state index in [0.717, 1.165) is 79.3 Å². The van der Waals surface area contributed by atoms with Crippen LogP contribution in [0.4, 0.5) is 10.2 Å². The van der Waals surface area contributed by atoms with Gasteiger partial charge in [0, 0.05) is 31.2 Å². The van der Waals surface area contributed by atoms with E-state index in [9.17, 15) is 14.4 Å². The molecule has 3 aromatic rings. The molecule has 0 N–H and O–H groups in total. The van der Waals surface area contributed by atoms with E-state index in [1.165, 1.54) is 21.6 Å². The lowest BCUT2D eigenvalue weighted by Crippen LogP contribution is -2.55. The second kappa shape index (κ2) is 12.3. The number of aryl methyl sites for hydroxylation is 1. The Morgan fingerprint density at radius 3 is 2.78 bits per heavy atom. The van der Waals surface area contributed by atoms with Crippen molar-refractivity contribution in [2.24, 2.45) is 0 Å². The molecule has 4 aliphatic rings. The maximum atomic E-state index is 13.9. The van der Waals surface area contributed by atoms with E-state index in [-0.39, 0.29) is 13.0 Å². The van der Waals surface area contributed by atoms with Gasteiger partial charge in [0.1, 0.15) is 18.2 Å². The Bertz CT molecular complexity index is 1700. The number of piperazine rings is 1. The van der Waals surface area contributed by atoms with Gasteiger partial charge in [0.25, 0.3) is 5.91 Å². The van der Waals surface area contributed by atoms with Gasteiger partial charge in [-0.25, -0.2) is 4.39 Å². The summed E-state index contributed by atoms with van der Waals surface area (Å²) in [4.78, 5) is 28.4. The number of likely N-dealkylation sites (N-methyl/N-ethyl adjacent to an activating group) is 1. The van der Waals surface area contributed by atoms with Crippen LogP contribution in [0.1, 0.15) is 48.8 Å². The van der Waals surface area contributed by atoms with Crippen LogP contribution < -0.4 is 14.4 Å². The maximum absolute atomic E-state index is 13.9. The molecule has 0 spiro atoms. The second-order valence-corrected chi connectivity index (χ2v) is 12.7. The third-order valence-corrected chi connectivity index (χ3v) is 9.94. The molecule has 0 radical (unpaired) electrons. The van der Waals surface area contributed by atoms with Crippen molar-refractivity contribution in [3.63, 3.8) is 0 Å². The number of carbonyl (C=O) groups is 1. The van der Waals surface area contributed by atoms with Gasteiger partial charge < -0.3 is 24.2 Å². The number of hydrogen-bond donors (Lipinski definition) is 0. The topological polar surface area (TPSA) is 94.8 Å². The predicted octanol–water partition coefficient (Wildman–Crippen LogP) is 5.00. The normalized spacial score (nSPS) is 21.3. The van der Waals surface area contributed by atoms with Gasteiger partial charge in [-0.05, 0) is 86.9 Å². The molecule has 7 rings (SSSR count). The highest BCUT2D eigenvalue weighted by Gasteiger charge is 2.35.